The number of anilines is 1. The summed E-state index contributed by atoms with van der Waals surface area (Å²) < 4.78 is 10.5. The topological polar surface area (TPSA) is 148 Å². The normalized spacial score (nSPS) is 25.1. The van der Waals surface area contributed by atoms with Gasteiger partial charge in [0, 0.05) is 51.5 Å². The number of ketones is 3. The van der Waals surface area contributed by atoms with Crippen LogP contribution in [0.5, 0.6) is 5.75 Å². The Labute approximate surface area is 207 Å². The molecule has 3 atom stereocenters. The van der Waals surface area contributed by atoms with Crippen LogP contribution in [0.15, 0.2) is 34.8 Å². The molecule has 4 rings (SSSR count). The number of phenols is 1. The Morgan fingerprint density at radius 2 is 1.67 bits per heavy atom. The number of phenolic OH excluding ortho intramolecular Hbond substituents is 1. The molecule has 0 bridgehead atoms. The highest BCUT2D eigenvalue weighted by Gasteiger charge is 2.61. The van der Waals surface area contributed by atoms with Crippen molar-refractivity contribution in [1.29, 1.82) is 0 Å². The van der Waals surface area contributed by atoms with Crippen molar-refractivity contribution < 1.29 is 43.7 Å². The van der Waals surface area contributed by atoms with Gasteiger partial charge in [-0.2, -0.15) is 0 Å². The molecular formula is C26H27NO9. The van der Waals surface area contributed by atoms with Gasteiger partial charge in [-0.15, -0.1) is 0 Å². The first-order chi connectivity index (χ1) is 16.8. The number of aliphatic hydroxyl groups is 1. The van der Waals surface area contributed by atoms with Crippen molar-refractivity contribution in [3.8, 4) is 5.75 Å². The lowest BCUT2D eigenvalue weighted by Gasteiger charge is -2.47. The number of esters is 2. The molecule has 0 heterocycles. The number of carbonyl (C=O) groups is 5. The van der Waals surface area contributed by atoms with E-state index in [1.165, 1.54) is 6.07 Å². The molecule has 10 heteroatoms. The highest BCUT2D eigenvalue weighted by atomic mass is 16.6. The van der Waals surface area contributed by atoms with E-state index < -0.39 is 58.1 Å². The number of nitrogens with zero attached hydrogens (tertiary/aromatic N) is 1. The van der Waals surface area contributed by atoms with Crippen LogP contribution in [-0.2, 0) is 35.1 Å². The average molecular weight is 498 g/mol. The minimum atomic E-state index is -2.51. The number of aromatic hydroxyl groups is 1. The number of benzene rings is 1. The third-order valence-corrected chi connectivity index (χ3v) is 6.98. The van der Waals surface area contributed by atoms with Crippen molar-refractivity contribution in [1.82, 2.24) is 0 Å². The zero-order valence-electron chi connectivity index (χ0n) is 20.6. The second kappa shape index (κ2) is 8.70. The zero-order chi connectivity index (χ0) is 26.7. The maximum absolute atomic E-state index is 13.8. The maximum Gasteiger partial charge on any atom is 0.307 e. The van der Waals surface area contributed by atoms with Gasteiger partial charge in [-0.05, 0) is 43.4 Å². The molecular weight excluding hydrogens is 470 g/mol. The Kier molecular flexibility index (Phi) is 6.12. The van der Waals surface area contributed by atoms with Crippen molar-refractivity contribution in [2.75, 3.05) is 19.0 Å². The average Bonchev–Trinajstić information content (AvgIpc) is 2.74. The van der Waals surface area contributed by atoms with Crippen LogP contribution in [0.4, 0.5) is 5.69 Å². The molecule has 0 amide bonds. The van der Waals surface area contributed by atoms with Crippen molar-refractivity contribution in [3.63, 3.8) is 0 Å². The maximum atomic E-state index is 13.8. The summed E-state index contributed by atoms with van der Waals surface area (Å²) in [5.74, 6) is -6.61. The molecule has 0 saturated carbocycles. The van der Waals surface area contributed by atoms with Gasteiger partial charge in [0.25, 0.3) is 0 Å². The van der Waals surface area contributed by atoms with E-state index in [9.17, 15) is 34.2 Å². The summed E-state index contributed by atoms with van der Waals surface area (Å²) in [6.07, 6.45) is 0.203. The summed E-state index contributed by atoms with van der Waals surface area (Å²) in [4.78, 5) is 65.4. The minimum Gasteiger partial charge on any atom is -0.507 e. The van der Waals surface area contributed by atoms with Gasteiger partial charge in [0.2, 0.25) is 5.78 Å². The predicted octanol–water partition coefficient (Wildman–Crippen LogP) is 1.76. The Hall–Kier alpha value is -3.79. The fourth-order valence-corrected chi connectivity index (χ4v) is 5.63. The van der Waals surface area contributed by atoms with Crippen molar-refractivity contribution >= 4 is 35.0 Å². The highest BCUT2D eigenvalue weighted by molar-refractivity contribution is 6.25. The van der Waals surface area contributed by atoms with E-state index in [-0.39, 0.29) is 41.9 Å². The first kappa shape index (κ1) is 25.3. The molecule has 0 fully saturated rings. The summed E-state index contributed by atoms with van der Waals surface area (Å²) >= 11 is 0. The highest BCUT2D eigenvalue weighted by Crippen LogP contribution is 2.53. The number of Topliss-reactive ketones (excluding diaryl/α,β-unsaturated/α-hetero) is 3. The second-order valence-electron chi connectivity index (χ2n) is 9.60. The van der Waals surface area contributed by atoms with Gasteiger partial charge in [0.05, 0.1) is 5.56 Å². The first-order valence-corrected chi connectivity index (χ1v) is 11.5. The SMILES string of the molecule is CC(=O)OC1=C(C(C)=O)C(=O)[C@@]2(O)C(OC(C)=O)=C3C(=O)c4c(O)ccc(N(C)C)c4C[C@H]3C[C@H]2C1. The van der Waals surface area contributed by atoms with Crippen LogP contribution in [-0.4, -0.2) is 59.2 Å². The molecule has 10 nitrogen and oxygen atoms in total. The molecule has 2 N–H and O–H groups in total. The number of ether oxygens (including phenoxy) is 2. The molecule has 3 aliphatic carbocycles. The molecule has 190 valence electrons. The van der Waals surface area contributed by atoms with Gasteiger partial charge in [-0.1, -0.05) is 0 Å². The third kappa shape index (κ3) is 3.72. The number of carbonyl (C=O) groups excluding carboxylic acids is 5. The van der Waals surface area contributed by atoms with Crippen LogP contribution in [0.1, 0.15) is 49.5 Å². The van der Waals surface area contributed by atoms with Gasteiger partial charge >= 0.3 is 11.9 Å². The largest absolute Gasteiger partial charge is 0.507 e. The summed E-state index contributed by atoms with van der Waals surface area (Å²) in [6.45, 7) is 3.29. The lowest BCUT2D eigenvalue weighted by atomic mass is 9.60. The molecule has 1 aromatic carbocycles. The van der Waals surface area contributed by atoms with E-state index in [0.717, 1.165) is 20.8 Å². The summed E-state index contributed by atoms with van der Waals surface area (Å²) in [7, 11) is 3.59. The second-order valence-corrected chi connectivity index (χ2v) is 9.60. The third-order valence-electron chi connectivity index (χ3n) is 6.98. The molecule has 3 aliphatic rings. The molecule has 0 radical (unpaired) electrons. The molecule has 0 unspecified atom stereocenters. The smallest absolute Gasteiger partial charge is 0.307 e. The number of allylic oxidation sites excluding steroid dienone is 2. The van der Waals surface area contributed by atoms with Gasteiger partial charge < -0.3 is 24.6 Å². The Morgan fingerprint density at radius 1 is 1.03 bits per heavy atom. The number of hydrogen-bond donors (Lipinski definition) is 2. The summed E-state index contributed by atoms with van der Waals surface area (Å²) in [5.41, 5.74) is -1.81. The van der Waals surface area contributed by atoms with E-state index in [1.54, 1.807) is 25.1 Å². The molecule has 1 aromatic rings. The molecule has 0 saturated heterocycles. The summed E-state index contributed by atoms with van der Waals surface area (Å²) in [5, 5.41) is 22.4. The molecule has 0 spiro atoms. The Bertz CT molecular complexity index is 1300. The van der Waals surface area contributed by atoms with E-state index in [2.05, 4.69) is 0 Å². The summed E-state index contributed by atoms with van der Waals surface area (Å²) in [6, 6.07) is 3.07. The lowest BCUT2D eigenvalue weighted by Crippen LogP contribution is -2.57. The quantitative estimate of drug-likeness (QED) is 0.466. The van der Waals surface area contributed by atoms with Gasteiger partial charge in [0.15, 0.2) is 22.9 Å². The first-order valence-electron chi connectivity index (χ1n) is 11.5. The zero-order valence-corrected chi connectivity index (χ0v) is 20.6. The van der Waals surface area contributed by atoms with Crippen LogP contribution in [0.3, 0.4) is 0 Å². The minimum absolute atomic E-state index is 0.00495. The predicted molar refractivity (Wildman–Crippen MR) is 125 cm³/mol. The van der Waals surface area contributed by atoms with Crippen molar-refractivity contribution in [2.45, 2.75) is 45.6 Å². The fourth-order valence-electron chi connectivity index (χ4n) is 5.63. The van der Waals surface area contributed by atoms with Crippen LogP contribution in [0.25, 0.3) is 0 Å². The van der Waals surface area contributed by atoms with E-state index in [0.29, 0.717) is 11.3 Å². The molecule has 36 heavy (non-hydrogen) atoms. The Morgan fingerprint density at radius 3 is 2.22 bits per heavy atom. The van der Waals surface area contributed by atoms with Gasteiger partial charge in [-0.25, -0.2) is 0 Å². The monoisotopic (exact) mass is 497 g/mol. The van der Waals surface area contributed by atoms with Gasteiger partial charge in [-0.3, -0.25) is 24.0 Å². The number of hydrogen-bond acceptors (Lipinski definition) is 10. The van der Waals surface area contributed by atoms with Gasteiger partial charge in [0.1, 0.15) is 17.1 Å². The van der Waals surface area contributed by atoms with E-state index in [1.807, 2.05) is 0 Å². The van der Waals surface area contributed by atoms with E-state index >= 15 is 0 Å². The fraction of sp³-hybridized carbons (Fsp3) is 0.423. The van der Waals surface area contributed by atoms with Crippen LogP contribution in [0.2, 0.25) is 0 Å². The van der Waals surface area contributed by atoms with Crippen molar-refractivity contribution in [3.05, 3.63) is 45.9 Å². The number of fused-ring (bicyclic) bond motifs is 3. The molecule has 0 aromatic heterocycles. The van der Waals surface area contributed by atoms with Crippen LogP contribution in [0, 0.1) is 11.8 Å². The van der Waals surface area contributed by atoms with Crippen LogP contribution < -0.4 is 4.90 Å². The van der Waals surface area contributed by atoms with E-state index in [4.69, 9.17) is 9.47 Å². The van der Waals surface area contributed by atoms with Crippen LogP contribution >= 0.6 is 0 Å². The standard InChI is InChI=1S/C26H27NO9/c1-11(28)20-19(35-12(2)29)10-15-8-14-9-16-17(27(4)5)6-7-18(31)22(16)23(32)21(14)25(36-13(3)30)26(15,34)24(20)33/h6-7,14-15,31,34H,8-10H2,1-5H3/t14-,15+,26-/m1/s1. The number of rotatable bonds is 4. The molecule has 0 aliphatic heterocycles. The lowest BCUT2D eigenvalue weighted by molar-refractivity contribution is -0.154. The van der Waals surface area contributed by atoms with Crippen molar-refractivity contribution in [2.24, 2.45) is 11.8 Å². The Balaban J connectivity index is 1.99.